The van der Waals surface area contributed by atoms with Gasteiger partial charge in [0.25, 0.3) is 0 Å². The molecule has 5 radical (unpaired) electrons. The molecule has 0 aliphatic heterocycles. The zero-order valence-electron chi connectivity index (χ0n) is 2.14. The second-order valence-electron chi connectivity index (χ2n) is 0. The third kappa shape index (κ3) is 31.7. The average Bonchev–Trinajstić information content (AvgIpc) is 0. The van der Waals surface area contributed by atoms with Gasteiger partial charge in [0.2, 0.25) is 0 Å². The van der Waals surface area contributed by atoms with E-state index in [0.717, 1.165) is 0 Å². The van der Waals surface area contributed by atoms with Crippen molar-refractivity contribution < 1.29 is 230 Å². The summed E-state index contributed by atoms with van der Waals surface area (Å²) in [5, 5.41) is 0. The first kappa shape index (κ1) is 46.7. The van der Waals surface area contributed by atoms with Crippen LogP contribution < -0.4 is 0 Å². The molecule has 0 unspecified atom stereocenters. The largest absolute Gasteiger partial charge is 0 e. The molecule has 0 aliphatic rings. The minimum absolute atomic E-state index is 0. The smallest absolute Gasteiger partial charge is 0 e. The van der Waals surface area contributed by atoms with Crippen molar-refractivity contribution in [2.24, 2.45) is 0 Å². The van der Waals surface area contributed by atoms with E-state index < -0.39 is 0 Å². The van der Waals surface area contributed by atoms with Crippen LogP contribution in [0.2, 0.25) is 0 Å². The van der Waals surface area contributed by atoms with Crippen LogP contribution in [0, 0.1) is 189 Å². The van der Waals surface area contributed by atoms with Crippen molar-refractivity contribution in [1.29, 1.82) is 0 Å². The third-order valence-electron chi connectivity index (χ3n) is 0. The Morgan fingerprint density at radius 2 is 0.286 bits per heavy atom. The summed E-state index contributed by atoms with van der Waals surface area (Å²) in [5.74, 6) is 0. The van der Waals surface area contributed by atoms with Gasteiger partial charge in [0, 0.05) is 230 Å². The van der Waals surface area contributed by atoms with E-state index in [0.29, 0.717) is 0 Å². The third-order valence-corrected chi connectivity index (χ3v) is 0. The summed E-state index contributed by atoms with van der Waals surface area (Å²) in [5.41, 5.74) is 0. The summed E-state index contributed by atoms with van der Waals surface area (Å²) in [6, 6.07) is 0. The van der Waals surface area contributed by atoms with Crippen LogP contribution in [0.3, 0.4) is 0 Å². The molecule has 0 aromatic heterocycles. The van der Waals surface area contributed by atoms with Gasteiger partial charge in [0.05, 0.1) is 0 Å². The van der Waals surface area contributed by atoms with E-state index in [1.807, 2.05) is 0 Å². The van der Waals surface area contributed by atoms with Gasteiger partial charge in [-0.25, -0.2) is 0 Å². The van der Waals surface area contributed by atoms with Gasteiger partial charge in [-0.05, 0) is 0 Å². The minimum atomic E-state index is 0. The molecule has 0 saturated carbocycles. The molecular weight excluding hydrogens is 1040 g/mol. The second-order valence-corrected chi connectivity index (χ2v) is 0. The van der Waals surface area contributed by atoms with Gasteiger partial charge in [0.15, 0.2) is 0 Å². The molecule has 0 aromatic carbocycles. The van der Waals surface area contributed by atoms with Crippen LogP contribution in [0.25, 0.3) is 0 Å². The monoisotopic (exact) mass is 1040 g/mol. The van der Waals surface area contributed by atoms with Gasteiger partial charge in [-0.1, -0.05) is 0 Å². The maximum Gasteiger partial charge on any atom is 0 e. The first-order valence-electron chi connectivity index (χ1n) is 0. The molecule has 7 heteroatoms. The van der Waals surface area contributed by atoms with Crippen LogP contribution in [-0.4, -0.2) is 0 Å². The van der Waals surface area contributed by atoms with E-state index in [-0.39, 0.29) is 230 Å². The molecule has 0 saturated heterocycles. The fraction of sp³-hybridized carbons (Fsp3) is 0. The number of rotatable bonds is 0. The van der Waals surface area contributed by atoms with E-state index >= 15 is 0 Å². The maximum atomic E-state index is 0. The van der Waals surface area contributed by atoms with Crippen molar-refractivity contribution in [2.75, 3.05) is 0 Å². The zero-order valence-corrected chi connectivity index (χ0v) is 14.9. The predicted octanol–water partition coefficient (Wildman–Crippen LogP) is -0.00500. The molecule has 0 amide bonds. The Hall–Kier alpha value is 7.62. The molecule has 0 aliphatic carbocycles. The summed E-state index contributed by atoms with van der Waals surface area (Å²) in [6.07, 6.45) is 0. The summed E-state index contributed by atoms with van der Waals surface area (Å²) in [6.45, 7) is 0. The molecule has 0 N–H and O–H groups in total. The molecule has 0 bridgehead atoms. The van der Waals surface area contributed by atoms with Crippen LogP contribution in [0.1, 0.15) is 0 Å². The van der Waals surface area contributed by atoms with E-state index in [9.17, 15) is 0 Å². The summed E-state index contributed by atoms with van der Waals surface area (Å²) in [4.78, 5) is 0. The molecular formula is Ho5Pd2. The summed E-state index contributed by atoms with van der Waals surface area (Å²) in [7, 11) is 0. The molecule has 0 rings (SSSR count). The normalized spacial score (nSPS) is 0. The SMILES string of the molecule is [Ho].[Ho].[Ho].[Ho].[Ho].[Pd].[Pd]. The molecule has 0 nitrogen and oxygen atoms in total. The summed E-state index contributed by atoms with van der Waals surface area (Å²) < 4.78 is 0. The molecule has 0 atom stereocenters. The van der Waals surface area contributed by atoms with Gasteiger partial charge in [-0.2, -0.15) is 0 Å². The first-order valence-corrected chi connectivity index (χ1v) is 0. The molecule has 0 spiro atoms. The Bertz CT molecular complexity index is 6.04. The van der Waals surface area contributed by atoms with Crippen molar-refractivity contribution in [3.8, 4) is 0 Å². The maximum absolute atomic E-state index is 0. The Labute approximate surface area is 222 Å². The fourth-order valence-corrected chi connectivity index (χ4v) is 0. The molecule has 0 fully saturated rings. The van der Waals surface area contributed by atoms with Crippen LogP contribution in [0.15, 0.2) is 0 Å². The van der Waals surface area contributed by atoms with Crippen LogP contribution in [0.5, 0.6) is 0 Å². The zero-order chi connectivity index (χ0) is 0. The van der Waals surface area contributed by atoms with E-state index in [1.54, 1.807) is 0 Å². The topological polar surface area (TPSA) is 0 Å². The van der Waals surface area contributed by atoms with Crippen LogP contribution >= 0.6 is 0 Å². The standard InChI is InChI=1S/5Ho.2Pd. The van der Waals surface area contributed by atoms with Gasteiger partial charge in [-0.15, -0.1) is 0 Å². The van der Waals surface area contributed by atoms with E-state index in [1.165, 1.54) is 0 Å². The Morgan fingerprint density at radius 1 is 0.286 bits per heavy atom. The Morgan fingerprint density at radius 3 is 0.286 bits per heavy atom. The molecule has 75 valence electrons. The van der Waals surface area contributed by atoms with Crippen LogP contribution in [-0.2, 0) is 40.8 Å². The van der Waals surface area contributed by atoms with Crippen molar-refractivity contribution in [3.63, 3.8) is 0 Å². The van der Waals surface area contributed by atoms with Crippen molar-refractivity contribution >= 4 is 0 Å². The fourth-order valence-electron chi connectivity index (χ4n) is 0. The van der Waals surface area contributed by atoms with Gasteiger partial charge in [0.1, 0.15) is 0 Å². The Balaban J connectivity index is 0. The molecule has 0 heterocycles. The van der Waals surface area contributed by atoms with E-state index in [4.69, 9.17) is 0 Å². The minimum Gasteiger partial charge on any atom is 0 e. The van der Waals surface area contributed by atoms with Gasteiger partial charge < -0.3 is 0 Å². The number of hydrogen-bond acceptors (Lipinski definition) is 0. The number of hydrogen-bond donors (Lipinski definition) is 0. The van der Waals surface area contributed by atoms with Crippen LogP contribution in [0.4, 0.5) is 0 Å². The van der Waals surface area contributed by atoms with Crippen molar-refractivity contribution in [1.82, 2.24) is 0 Å². The van der Waals surface area contributed by atoms with Gasteiger partial charge in [-0.3, -0.25) is 0 Å². The van der Waals surface area contributed by atoms with Gasteiger partial charge >= 0.3 is 0 Å². The average molecular weight is 1040 g/mol. The summed E-state index contributed by atoms with van der Waals surface area (Å²) >= 11 is 0. The van der Waals surface area contributed by atoms with Crippen molar-refractivity contribution in [3.05, 3.63) is 0 Å². The molecule has 0 aromatic rings. The quantitative estimate of drug-likeness (QED) is 0.301. The second kappa shape index (κ2) is 37.4. The predicted molar refractivity (Wildman–Crippen MR) is 0 cm³/mol. The van der Waals surface area contributed by atoms with Crippen molar-refractivity contribution in [2.45, 2.75) is 0 Å². The Kier molecular flexibility index (Phi) is 249. The first-order chi connectivity index (χ1) is 0. The molecule has 7 heavy (non-hydrogen) atoms. The van der Waals surface area contributed by atoms with E-state index in [2.05, 4.69) is 0 Å².